The van der Waals surface area contributed by atoms with Gasteiger partial charge in [-0.25, -0.2) is 4.98 Å². The van der Waals surface area contributed by atoms with E-state index in [0.29, 0.717) is 12.2 Å². The molecule has 1 amide bonds. The van der Waals surface area contributed by atoms with E-state index >= 15 is 0 Å². The highest BCUT2D eigenvalue weighted by Gasteiger charge is 2.28. The number of aromatic nitrogens is 3. The van der Waals surface area contributed by atoms with Crippen LogP contribution in [0.25, 0.3) is 10.4 Å². The summed E-state index contributed by atoms with van der Waals surface area (Å²) in [6, 6.07) is 9.92. The zero-order valence-electron chi connectivity index (χ0n) is 11.8. The lowest BCUT2D eigenvalue weighted by Crippen LogP contribution is -2.35. The summed E-state index contributed by atoms with van der Waals surface area (Å²) in [6.07, 6.45) is 3.59. The van der Waals surface area contributed by atoms with Crippen molar-refractivity contribution in [2.24, 2.45) is 0 Å². The Bertz CT molecular complexity index is 808. The molecule has 110 valence electrons. The van der Waals surface area contributed by atoms with Crippen LogP contribution in [0, 0.1) is 0 Å². The summed E-state index contributed by atoms with van der Waals surface area (Å²) in [6.45, 7) is 0.705. The molecule has 22 heavy (non-hydrogen) atoms. The average molecular weight is 310 g/mol. The van der Waals surface area contributed by atoms with Crippen LogP contribution in [0.4, 0.5) is 5.69 Å². The van der Waals surface area contributed by atoms with Crippen LogP contribution < -0.4 is 4.90 Å². The van der Waals surface area contributed by atoms with E-state index in [1.54, 1.807) is 16.6 Å². The molecule has 0 saturated carbocycles. The van der Waals surface area contributed by atoms with E-state index in [4.69, 9.17) is 0 Å². The molecular formula is C16H14N4OS. The topological polar surface area (TPSA) is 61.9 Å². The molecule has 1 aliphatic heterocycles. The number of carbonyl (C=O) groups is 1. The number of aryl methyl sites for hydroxylation is 1. The van der Waals surface area contributed by atoms with E-state index in [9.17, 15) is 4.79 Å². The van der Waals surface area contributed by atoms with E-state index < -0.39 is 0 Å². The van der Waals surface area contributed by atoms with Crippen LogP contribution in [0.5, 0.6) is 0 Å². The molecule has 0 bridgehead atoms. The number of aromatic amines is 1. The van der Waals surface area contributed by atoms with Crippen LogP contribution in [0.3, 0.4) is 0 Å². The summed E-state index contributed by atoms with van der Waals surface area (Å²) >= 11 is 1.50. The zero-order chi connectivity index (χ0) is 14.9. The molecule has 0 fully saturated rings. The Morgan fingerprint density at radius 2 is 2.14 bits per heavy atom. The minimum Gasteiger partial charge on any atom is -0.304 e. The molecule has 1 aliphatic rings. The number of fused-ring (bicyclic) bond motifs is 1. The number of amides is 1. The molecule has 0 aliphatic carbocycles. The first-order valence-corrected chi connectivity index (χ1v) is 8.05. The Kier molecular flexibility index (Phi) is 3.23. The minimum atomic E-state index is -0.0533. The fraction of sp³-hybridized carbons (Fsp3) is 0.188. The Hall–Kier alpha value is -2.47. The molecule has 1 N–H and O–H groups in total. The highest BCUT2D eigenvalue weighted by atomic mass is 32.1. The number of H-pyrrole nitrogens is 1. The number of hydrogen-bond acceptors (Lipinski definition) is 4. The molecule has 3 aromatic rings. The molecule has 2 aromatic heterocycles. The van der Waals surface area contributed by atoms with Crippen molar-refractivity contribution < 1.29 is 4.79 Å². The molecule has 0 radical (unpaired) electrons. The van der Waals surface area contributed by atoms with Gasteiger partial charge in [-0.15, -0.1) is 11.3 Å². The average Bonchev–Trinajstić information content (AvgIpc) is 3.23. The van der Waals surface area contributed by atoms with Crippen molar-refractivity contribution in [1.82, 2.24) is 15.2 Å². The van der Waals surface area contributed by atoms with Gasteiger partial charge in [-0.05, 0) is 18.4 Å². The van der Waals surface area contributed by atoms with Gasteiger partial charge in [0, 0.05) is 6.54 Å². The van der Waals surface area contributed by atoms with Crippen LogP contribution in [-0.2, 0) is 6.42 Å². The van der Waals surface area contributed by atoms with Gasteiger partial charge in [0.25, 0.3) is 5.91 Å². The first-order valence-electron chi connectivity index (χ1n) is 7.17. The zero-order valence-corrected chi connectivity index (χ0v) is 12.6. The number of hydrogen-bond donors (Lipinski definition) is 1. The second kappa shape index (κ2) is 5.38. The predicted octanol–water partition coefficient (Wildman–Crippen LogP) is 3.13. The maximum absolute atomic E-state index is 12.9. The van der Waals surface area contributed by atoms with Gasteiger partial charge in [0.15, 0.2) is 0 Å². The Morgan fingerprint density at radius 3 is 3.00 bits per heavy atom. The van der Waals surface area contributed by atoms with Crippen LogP contribution in [-0.4, -0.2) is 27.6 Å². The number of benzene rings is 1. The van der Waals surface area contributed by atoms with Gasteiger partial charge in [0.05, 0.1) is 28.0 Å². The summed E-state index contributed by atoms with van der Waals surface area (Å²) in [5, 5.41) is 7.03. The van der Waals surface area contributed by atoms with Crippen molar-refractivity contribution in [1.29, 1.82) is 0 Å². The summed E-state index contributed by atoms with van der Waals surface area (Å²) in [4.78, 5) is 20.0. The van der Waals surface area contributed by atoms with Crippen molar-refractivity contribution in [3.05, 3.63) is 53.4 Å². The lowest BCUT2D eigenvalue weighted by atomic mass is 10.1. The van der Waals surface area contributed by atoms with Crippen LogP contribution in [0.2, 0.25) is 0 Å². The van der Waals surface area contributed by atoms with Gasteiger partial charge in [0.1, 0.15) is 5.69 Å². The molecule has 0 unspecified atom stereocenters. The maximum atomic E-state index is 12.9. The predicted molar refractivity (Wildman–Crippen MR) is 86.1 cm³/mol. The number of nitrogens with zero attached hydrogens (tertiary/aromatic N) is 3. The van der Waals surface area contributed by atoms with Crippen molar-refractivity contribution in [2.75, 3.05) is 11.4 Å². The summed E-state index contributed by atoms with van der Waals surface area (Å²) in [5.74, 6) is -0.0533. The van der Waals surface area contributed by atoms with E-state index in [-0.39, 0.29) is 5.91 Å². The Morgan fingerprint density at radius 1 is 1.27 bits per heavy atom. The molecular weight excluding hydrogens is 296 g/mol. The van der Waals surface area contributed by atoms with E-state index in [1.807, 2.05) is 30.3 Å². The second-order valence-corrected chi connectivity index (χ2v) is 6.05. The van der Waals surface area contributed by atoms with Gasteiger partial charge in [-0.2, -0.15) is 5.10 Å². The third-order valence-electron chi connectivity index (χ3n) is 3.85. The number of rotatable bonds is 2. The number of carbonyl (C=O) groups excluding carboxylic acids is 1. The smallest absolute Gasteiger partial charge is 0.278 e. The van der Waals surface area contributed by atoms with Crippen LogP contribution in [0.15, 0.2) is 42.0 Å². The van der Waals surface area contributed by atoms with Crippen molar-refractivity contribution in [3.63, 3.8) is 0 Å². The first-order chi connectivity index (χ1) is 10.8. The third kappa shape index (κ3) is 2.12. The van der Waals surface area contributed by atoms with Gasteiger partial charge < -0.3 is 4.90 Å². The van der Waals surface area contributed by atoms with Crippen molar-refractivity contribution >= 4 is 22.9 Å². The fourth-order valence-corrected chi connectivity index (χ4v) is 3.58. The maximum Gasteiger partial charge on any atom is 0.278 e. The van der Waals surface area contributed by atoms with E-state index in [1.165, 1.54) is 11.3 Å². The van der Waals surface area contributed by atoms with Crippen molar-refractivity contribution in [2.45, 2.75) is 12.8 Å². The molecule has 4 rings (SSSR count). The summed E-state index contributed by atoms with van der Waals surface area (Å²) in [5.41, 5.74) is 5.18. The molecule has 6 heteroatoms. The highest BCUT2D eigenvalue weighted by molar-refractivity contribution is 7.13. The molecule has 0 atom stereocenters. The molecule has 5 nitrogen and oxygen atoms in total. The quantitative estimate of drug-likeness (QED) is 0.791. The lowest BCUT2D eigenvalue weighted by Gasteiger charge is -2.26. The number of thiazole rings is 1. The van der Waals surface area contributed by atoms with Gasteiger partial charge in [-0.3, -0.25) is 9.89 Å². The normalized spacial score (nSPS) is 13.9. The largest absolute Gasteiger partial charge is 0.304 e. The number of nitrogens with one attached hydrogen (secondary N) is 1. The van der Waals surface area contributed by atoms with Crippen LogP contribution in [0.1, 0.15) is 22.6 Å². The Labute approximate surface area is 131 Å². The molecule has 0 spiro atoms. The second-order valence-electron chi connectivity index (χ2n) is 5.19. The first kappa shape index (κ1) is 13.2. The van der Waals surface area contributed by atoms with Gasteiger partial charge in [-0.1, -0.05) is 30.3 Å². The van der Waals surface area contributed by atoms with Crippen molar-refractivity contribution in [3.8, 4) is 10.4 Å². The van der Waals surface area contributed by atoms with E-state index in [0.717, 1.165) is 34.7 Å². The van der Waals surface area contributed by atoms with Gasteiger partial charge in [0.2, 0.25) is 0 Å². The fourth-order valence-electron chi connectivity index (χ4n) is 2.79. The molecule has 3 heterocycles. The minimum absolute atomic E-state index is 0.0533. The number of anilines is 1. The summed E-state index contributed by atoms with van der Waals surface area (Å²) in [7, 11) is 0. The standard InChI is InChI=1S/C16H14N4OS/c21-16(20-8-4-7-12-13(20)9-18-19-12)14-15(22-10-17-14)11-5-2-1-3-6-11/h1-3,5-6,9-10H,4,7-8H2,(H,18,19). The monoisotopic (exact) mass is 310 g/mol. The highest BCUT2D eigenvalue weighted by Crippen LogP contribution is 2.31. The molecule has 0 saturated heterocycles. The summed E-state index contributed by atoms with van der Waals surface area (Å²) < 4.78 is 0. The SMILES string of the molecule is O=C(c1ncsc1-c1ccccc1)N1CCCc2[nH]ncc21. The molecule has 1 aromatic carbocycles. The van der Waals surface area contributed by atoms with Crippen LogP contribution >= 0.6 is 11.3 Å². The van der Waals surface area contributed by atoms with E-state index in [2.05, 4.69) is 15.2 Å². The Balaban J connectivity index is 1.73. The van der Waals surface area contributed by atoms with Gasteiger partial charge >= 0.3 is 0 Å². The lowest BCUT2D eigenvalue weighted by molar-refractivity contribution is 0.0981. The third-order valence-corrected chi connectivity index (χ3v) is 4.72.